The minimum atomic E-state index is -4.29. The number of unbranched alkanes of at least 4 members (excludes halogenated alkanes) is 20. The van der Waals surface area contributed by atoms with Crippen LogP contribution in [0.3, 0.4) is 0 Å². The molecule has 0 aliphatic heterocycles. The largest absolute Gasteiger partial charge is 0.472 e. The summed E-state index contributed by atoms with van der Waals surface area (Å²) in [4.78, 5) is 23.0. The summed E-state index contributed by atoms with van der Waals surface area (Å²) in [6.45, 7) is 5.54. The Morgan fingerprint density at radius 2 is 0.932 bits per heavy atom. The molecule has 9 heteroatoms. The van der Waals surface area contributed by atoms with Crippen molar-refractivity contribution in [1.82, 2.24) is 0 Å². The second kappa shape index (κ2) is 42.9. The van der Waals surface area contributed by atoms with Gasteiger partial charge in [0.15, 0.2) is 0 Å². The van der Waals surface area contributed by atoms with Crippen LogP contribution in [0.4, 0.5) is 0 Å². The Hall–Kier alpha value is -1.80. The van der Waals surface area contributed by atoms with E-state index in [-0.39, 0.29) is 25.8 Å². The number of phosphoric ester groups is 1. The van der Waals surface area contributed by atoms with Crippen LogP contribution in [0.1, 0.15) is 194 Å². The van der Waals surface area contributed by atoms with E-state index in [0.29, 0.717) is 24.1 Å². The SMILES string of the molecule is CCCCC/C=C\C/C=C\CCCCCCCCOCC(COP(=O)(O)OCC[N+](C)(C)C)OC(=O)CCCCCCCC/C=C\C/C=C\C/C=C\CCCCCCC. The molecule has 0 aromatic rings. The predicted octanol–water partition coefficient (Wildman–Crippen LogP) is 14.5. The first-order chi connectivity index (χ1) is 28.6. The molecule has 0 bridgehead atoms. The lowest BCUT2D eigenvalue weighted by Crippen LogP contribution is -2.37. The molecule has 0 radical (unpaired) electrons. The normalized spacial score (nSPS) is 14.2. The van der Waals surface area contributed by atoms with E-state index < -0.39 is 13.9 Å². The average Bonchev–Trinajstić information content (AvgIpc) is 3.19. The van der Waals surface area contributed by atoms with Crippen LogP contribution in [0, 0.1) is 0 Å². The number of likely N-dealkylation sites (N-methyl/N-ethyl adjacent to an activating group) is 1. The van der Waals surface area contributed by atoms with Crippen molar-refractivity contribution in [3.8, 4) is 0 Å². The van der Waals surface area contributed by atoms with Gasteiger partial charge in [0.25, 0.3) is 0 Å². The Labute approximate surface area is 364 Å². The maximum atomic E-state index is 12.7. The maximum absolute atomic E-state index is 12.7. The highest BCUT2D eigenvalue weighted by atomic mass is 31.2. The van der Waals surface area contributed by atoms with Crippen LogP contribution in [0.25, 0.3) is 0 Å². The molecule has 0 aromatic heterocycles. The molecule has 0 aliphatic carbocycles. The molecule has 2 unspecified atom stereocenters. The van der Waals surface area contributed by atoms with Gasteiger partial charge in [0.1, 0.15) is 19.3 Å². The minimum absolute atomic E-state index is 0.0811. The van der Waals surface area contributed by atoms with Crippen molar-refractivity contribution < 1.29 is 37.3 Å². The zero-order valence-electron chi connectivity index (χ0n) is 39.0. The van der Waals surface area contributed by atoms with E-state index in [1.807, 2.05) is 21.1 Å². The van der Waals surface area contributed by atoms with E-state index in [2.05, 4.69) is 74.6 Å². The van der Waals surface area contributed by atoms with E-state index in [4.69, 9.17) is 18.5 Å². The van der Waals surface area contributed by atoms with Crippen LogP contribution in [0.15, 0.2) is 60.8 Å². The zero-order valence-corrected chi connectivity index (χ0v) is 39.9. The number of quaternary nitrogens is 1. The molecule has 0 amide bonds. The zero-order chi connectivity index (χ0) is 43.4. The lowest BCUT2D eigenvalue weighted by molar-refractivity contribution is -0.870. The van der Waals surface area contributed by atoms with Crippen molar-refractivity contribution in [2.24, 2.45) is 0 Å². The van der Waals surface area contributed by atoms with Crippen LogP contribution >= 0.6 is 7.82 Å². The van der Waals surface area contributed by atoms with Crippen LogP contribution in [0.5, 0.6) is 0 Å². The molecule has 0 aliphatic rings. The summed E-state index contributed by atoms with van der Waals surface area (Å²) in [7, 11) is 1.64. The Morgan fingerprint density at radius 1 is 0.525 bits per heavy atom. The van der Waals surface area contributed by atoms with E-state index in [9.17, 15) is 14.3 Å². The van der Waals surface area contributed by atoms with Crippen molar-refractivity contribution in [3.63, 3.8) is 0 Å². The number of esters is 1. The Kier molecular flexibility index (Phi) is 41.6. The van der Waals surface area contributed by atoms with Gasteiger partial charge >= 0.3 is 13.8 Å². The number of nitrogens with zero attached hydrogens (tertiary/aromatic N) is 1. The third-order valence-corrected chi connectivity index (χ3v) is 11.0. The number of allylic oxidation sites excluding steroid dienone is 10. The smallest absolute Gasteiger partial charge is 0.457 e. The van der Waals surface area contributed by atoms with E-state index in [0.717, 1.165) is 70.6 Å². The molecule has 2 atom stereocenters. The molecule has 0 heterocycles. The Morgan fingerprint density at radius 3 is 1.42 bits per heavy atom. The van der Waals surface area contributed by atoms with Gasteiger partial charge in [0.2, 0.25) is 0 Å². The van der Waals surface area contributed by atoms with Gasteiger partial charge in [-0.1, -0.05) is 164 Å². The van der Waals surface area contributed by atoms with Gasteiger partial charge < -0.3 is 18.9 Å². The highest BCUT2D eigenvalue weighted by molar-refractivity contribution is 7.47. The summed E-state index contributed by atoms with van der Waals surface area (Å²) in [5.41, 5.74) is 0. The highest BCUT2D eigenvalue weighted by Gasteiger charge is 2.26. The topological polar surface area (TPSA) is 91.3 Å². The molecule has 0 rings (SSSR count). The number of phosphoric acid groups is 1. The molecule has 344 valence electrons. The summed E-state index contributed by atoms with van der Waals surface area (Å²) in [6, 6.07) is 0. The number of carbonyl (C=O) groups is 1. The van der Waals surface area contributed by atoms with Crippen molar-refractivity contribution in [2.75, 3.05) is 54.1 Å². The van der Waals surface area contributed by atoms with Crippen LogP contribution in [-0.4, -0.2) is 75.6 Å². The fraction of sp³-hybridized carbons (Fsp3) is 0.780. The van der Waals surface area contributed by atoms with Gasteiger partial charge in [-0.05, 0) is 83.5 Å². The van der Waals surface area contributed by atoms with Crippen LogP contribution in [-0.2, 0) is 27.9 Å². The van der Waals surface area contributed by atoms with E-state index in [1.54, 1.807) is 0 Å². The number of hydrogen-bond donors (Lipinski definition) is 1. The number of carbonyl (C=O) groups excluding carboxylic acids is 1. The third-order valence-electron chi connectivity index (χ3n) is 10.1. The number of ether oxygens (including phenoxy) is 2. The minimum Gasteiger partial charge on any atom is -0.457 e. The van der Waals surface area contributed by atoms with Gasteiger partial charge in [-0.3, -0.25) is 13.8 Å². The van der Waals surface area contributed by atoms with Crippen LogP contribution in [0.2, 0.25) is 0 Å². The van der Waals surface area contributed by atoms with Gasteiger partial charge in [-0.25, -0.2) is 4.57 Å². The Bertz CT molecular complexity index is 1130. The van der Waals surface area contributed by atoms with Crippen molar-refractivity contribution in [2.45, 2.75) is 200 Å². The second-order valence-electron chi connectivity index (χ2n) is 17.1. The molecule has 0 aromatic carbocycles. The summed E-state index contributed by atoms with van der Waals surface area (Å²) in [5.74, 6) is -0.331. The molecular formula is C50H93NO7P+. The standard InChI is InChI=1S/C50H92NO7P/c1-6-8-10-12-14-16-18-20-22-24-25-26-27-28-29-31-33-35-37-39-41-43-50(52)58-49(48-57-59(53,54)56-46-44-51(3,4)5)47-55-45-42-40-38-36-34-32-30-23-21-19-17-15-13-11-9-7-2/h15,17-18,20-21,23-25,27-28,49H,6-14,16,19,22,26,29-48H2,1-5H3/p+1/b17-15-,20-18-,23-21-,25-24-,28-27-. The molecule has 59 heavy (non-hydrogen) atoms. The summed E-state index contributed by atoms with van der Waals surface area (Å²) in [6.07, 6.45) is 53.9. The first-order valence-electron chi connectivity index (χ1n) is 24.0. The molecule has 0 saturated heterocycles. The Balaban J connectivity index is 4.24. The molecule has 1 N–H and O–H groups in total. The predicted molar refractivity (Wildman–Crippen MR) is 252 cm³/mol. The summed E-state index contributed by atoms with van der Waals surface area (Å²) < 4.78 is 35.1. The van der Waals surface area contributed by atoms with E-state index in [1.165, 1.54) is 103 Å². The van der Waals surface area contributed by atoms with Crippen LogP contribution < -0.4 is 0 Å². The number of hydrogen-bond acceptors (Lipinski definition) is 6. The summed E-state index contributed by atoms with van der Waals surface area (Å²) >= 11 is 0. The van der Waals surface area contributed by atoms with Crippen molar-refractivity contribution >= 4 is 13.8 Å². The second-order valence-corrected chi connectivity index (χ2v) is 18.6. The number of rotatable bonds is 44. The lowest BCUT2D eigenvalue weighted by Gasteiger charge is -2.24. The first-order valence-corrected chi connectivity index (χ1v) is 25.5. The van der Waals surface area contributed by atoms with Gasteiger partial charge in [0, 0.05) is 13.0 Å². The fourth-order valence-electron chi connectivity index (χ4n) is 6.29. The van der Waals surface area contributed by atoms with Crippen molar-refractivity contribution in [3.05, 3.63) is 60.8 Å². The molecular weight excluding hydrogens is 758 g/mol. The molecule has 0 fully saturated rings. The molecule has 0 spiro atoms. The monoisotopic (exact) mass is 851 g/mol. The average molecular weight is 851 g/mol. The molecule has 0 saturated carbocycles. The van der Waals surface area contributed by atoms with Gasteiger partial charge in [-0.2, -0.15) is 0 Å². The lowest BCUT2D eigenvalue weighted by atomic mass is 10.1. The highest BCUT2D eigenvalue weighted by Crippen LogP contribution is 2.43. The van der Waals surface area contributed by atoms with Crippen molar-refractivity contribution in [1.29, 1.82) is 0 Å². The first kappa shape index (κ1) is 57.2. The summed E-state index contributed by atoms with van der Waals surface area (Å²) in [5, 5.41) is 0. The van der Waals surface area contributed by atoms with Gasteiger partial charge in [-0.15, -0.1) is 0 Å². The quantitative estimate of drug-likeness (QED) is 0.0215. The fourth-order valence-corrected chi connectivity index (χ4v) is 7.04. The van der Waals surface area contributed by atoms with Gasteiger partial charge in [0.05, 0.1) is 34.4 Å². The van der Waals surface area contributed by atoms with E-state index >= 15 is 0 Å². The maximum Gasteiger partial charge on any atom is 0.472 e. The third kappa shape index (κ3) is 47.1. The molecule has 8 nitrogen and oxygen atoms in total.